The molecular formula is C14H19NO2. The van der Waals surface area contributed by atoms with Gasteiger partial charge in [-0.05, 0) is 26.3 Å². The van der Waals surface area contributed by atoms with E-state index in [-0.39, 0.29) is 6.04 Å². The second-order valence-electron chi connectivity index (χ2n) is 4.34. The second kappa shape index (κ2) is 6.21. The molecule has 1 atom stereocenters. The standard InChI is InChI=1S/C14H19NO2/c1-10-4-6-13(7-5-10)12(3)15-9-11(2)8-14(16)17/h4-8,12,15H,9H2,1-3H3,(H,16,17)/b11-8+. The fraction of sp³-hybridized carbons (Fsp3) is 0.357. The van der Waals surface area contributed by atoms with Crippen molar-refractivity contribution in [3.63, 3.8) is 0 Å². The molecule has 3 heteroatoms. The Balaban J connectivity index is 2.52. The van der Waals surface area contributed by atoms with Crippen molar-refractivity contribution in [1.82, 2.24) is 5.32 Å². The lowest BCUT2D eigenvalue weighted by Gasteiger charge is -2.14. The summed E-state index contributed by atoms with van der Waals surface area (Å²) in [5.41, 5.74) is 3.26. The first kappa shape index (κ1) is 13.5. The summed E-state index contributed by atoms with van der Waals surface area (Å²) < 4.78 is 0. The summed E-state index contributed by atoms with van der Waals surface area (Å²) in [6.45, 7) is 6.52. The van der Waals surface area contributed by atoms with Gasteiger partial charge in [0, 0.05) is 18.7 Å². The highest BCUT2D eigenvalue weighted by molar-refractivity contribution is 5.80. The summed E-state index contributed by atoms with van der Waals surface area (Å²) in [6, 6.07) is 8.54. The van der Waals surface area contributed by atoms with E-state index < -0.39 is 5.97 Å². The lowest BCUT2D eigenvalue weighted by atomic mass is 10.1. The Bertz CT molecular complexity index is 407. The molecule has 0 aromatic heterocycles. The molecular weight excluding hydrogens is 214 g/mol. The Kier molecular flexibility index (Phi) is 4.91. The molecule has 0 heterocycles. The Hall–Kier alpha value is -1.61. The molecule has 1 aromatic carbocycles. The summed E-state index contributed by atoms with van der Waals surface area (Å²) in [5.74, 6) is -0.896. The zero-order chi connectivity index (χ0) is 12.8. The first-order valence-electron chi connectivity index (χ1n) is 5.69. The number of rotatable bonds is 5. The number of nitrogens with one attached hydrogen (secondary N) is 1. The van der Waals surface area contributed by atoms with Crippen molar-refractivity contribution >= 4 is 5.97 Å². The number of hydrogen-bond acceptors (Lipinski definition) is 2. The molecule has 0 radical (unpaired) electrons. The Morgan fingerprint density at radius 1 is 1.41 bits per heavy atom. The zero-order valence-electron chi connectivity index (χ0n) is 10.5. The fourth-order valence-corrected chi connectivity index (χ4v) is 1.55. The number of benzene rings is 1. The molecule has 0 aliphatic rings. The van der Waals surface area contributed by atoms with Gasteiger partial charge in [-0.1, -0.05) is 35.4 Å². The molecule has 0 saturated heterocycles. The van der Waals surface area contributed by atoms with Crippen molar-refractivity contribution in [1.29, 1.82) is 0 Å². The number of carbonyl (C=O) groups is 1. The fourth-order valence-electron chi connectivity index (χ4n) is 1.55. The van der Waals surface area contributed by atoms with Crippen LogP contribution in [-0.2, 0) is 4.79 Å². The molecule has 17 heavy (non-hydrogen) atoms. The third kappa shape index (κ3) is 4.83. The first-order valence-corrected chi connectivity index (χ1v) is 5.69. The predicted octanol–water partition coefficient (Wildman–Crippen LogP) is 2.68. The normalized spacial score (nSPS) is 13.5. The summed E-state index contributed by atoms with van der Waals surface area (Å²) >= 11 is 0. The SMILES string of the molecule is C/C(=C\C(=O)O)CNC(C)c1ccc(C)cc1. The van der Waals surface area contributed by atoms with E-state index in [1.807, 2.05) is 6.92 Å². The Morgan fingerprint density at radius 3 is 2.53 bits per heavy atom. The predicted molar refractivity (Wildman–Crippen MR) is 69.0 cm³/mol. The molecule has 1 unspecified atom stereocenters. The number of aliphatic carboxylic acids is 1. The molecule has 0 aliphatic heterocycles. The van der Waals surface area contributed by atoms with Gasteiger partial charge in [0.05, 0.1) is 0 Å². The van der Waals surface area contributed by atoms with Crippen molar-refractivity contribution in [3.8, 4) is 0 Å². The molecule has 1 rings (SSSR count). The van der Waals surface area contributed by atoms with Crippen molar-refractivity contribution in [2.75, 3.05) is 6.54 Å². The van der Waals surface area contributed by atoms with Gasteiger partial charge >= 0.3 is 5.97 Å². The van der Waals surface area contributed by atoms with Crippen LogP contribution < -0.4 is 5.32 Å². The van der Waals surface area contributed by atoms with E-state index in [9.17, 15) is 4.79 Å². The average molecular weight is 233 g/mol. The summed E-state index contributed by atoms with van der Waals surface area (Å²) in [7, 11) is 0. The van der Waals surface area contributed by atoms with Crippen molar-refractivity contribution in [3.05, 3.63) is 47.0 Å². The van der Waals surface area contributed by atoms with Crippen LogP contribution in [-0.4, -0.2) is 17.6 Å². The highest BCUT2D eigenvalue weighted by atomic mass is 16.4. The molecule has 0 fully saturated rings. The van der Waals surface area contributed by atoms with Crippen molar-refractivity contribution in [2.45, 2.75) is 26.8 Å². The van der Waals surface area contributed by atoms with Crippen LogP contribution >= 0.6 is 0 Å². The lowest BCUT2D eigenvalue weighted by molar-refractivity contribution is -0.131. The van der Waals surface area contributed by atoms with Crippen LogP contribution in [0.15, 0.2) is 35.9 Å². The molecule has 0 bridgehead atoms. The van der Waals surface area contributed by atoms with E-state index in [1.165, 1.54) is 17.2 Å². The molecule has 2 N–H and O–H groups in total. The minimum atomic E-state index is -0.896. The monoisotopic (exact) mass is 233 g/mol. The minimum absolute atomic E-state index is 0.216. The van der Waals surface area contributed by atoms with E-state index >= 15 is 0 Å². The maximum absolute atomic E-state index is 10.5. The molecule has 0 aliphatic carbocycles. The first-order chi connectivity index (χ1) is 7.99. The van der Waals surface area contributed by atoms with Gasteiger partial charge in [0.15, 0.2) is 0 Å². The van der Waals surface area contributed by atoms with Crippen molar-refractivity contribution < 1.29 is 9.90 Å². The van der Waals surface area contributed by atoms with E-state index in [0.29, 0.717) is 6.54 Å². The smallest absolute Gasteiger partial charge is 0.328 e. The summed E-state index contributed by atoms with van der Waals surface area (Å²) in [6.07, 6.45) is 1.23. The minimum Gasteiger partial charge on any atom is -0.478 e. The van der Waals surface area contributed by atoms with E-state index in [2.05, 4.69) is 43.4 Å². The molecule has 0 saturated carbocycles. The highest BCUT2D eigenvalue weighted by Gasteiger charge is 2.04. The van der Waals surface area contributed by atoms with Crippen LogP contribution in [0.3, 0.4) is 0 Å². The van der Waals surface area contributed by atoms with Gasteiger partial charge in [-0.25, -0.2) is 4.79 Å². The number of hydrogen-bond donors (Lipinski definition) is 2. The van der Waals surface area contributed by atoms with Crippen LogP contribution in [0.25, 0.3) is 0 Å². The third-order valence-electron chi connectivity index (χ3n) is 2.63. The van der Waals surface area contributed by atoms with E-state index in [4.69, 9.17) is 5.11 Å². The number of aryl methyl sites for hydroxylation is 1. The third-order valence-corrected chi connectivity index (χ3v) is 2.63. The Morgan fingerprint density at radius 2 is 2.00 bits per heavy atom. The lowest BCUT2D eigenvalue weighted by Crippen LogP contribution is -2.20. The molecule has 1 aromatic rings. The van der Waals surface area contributed by atoms with Gasteiger partial charge < -0.3 is 10.4 Å². The van der Waals surface area contributed by atoms with E-state index in [0.717, 1.165) is 5.57 Å². The molecule has 92 valence electrons. The average Bonchev–Trinajstić information content (AvgIpc) is 2.26. The van der Waals surface area contributed by atoms with Crippen LogP contribution in [0, 0.1) is 6.92 Å². The second-order valence-corrected chi connectivity index (χ2v) is 4.34. The van der Waals surface area contributed by atoms with Gasteiger partial charge in [-0.15, -0.1) is 0 Å². The van der Waals surface area contributed by atoms with Gasteiger partial charge in [0.1, 0.15) is 0 Å². The van der Waals surface area contributed by atoms with Crippen LogP contribution in [0.5, 0.6) is 0 Å². The van der Waals surface area contributed by atoms with Gasteiger partial charge in [0.25, 0.3) is 0 Å². The zero-order valence-corrected chi connectivity index (χ0v) is 10.5. The highest BCUT2D eigenvalue weighted by Crippen LogP contribution is 2.13. The maximum Gasteiger partial charge on any atom is 0.328 e. The number of carboxylic acids is 1. The van der Waals surface area contributed by atoms with Gasteiger partial charge in [0.2, 0.25) is 0 Å². The number of carboxylic acid groups (broad SMARTS) is 1. The Labute approximate surface area is 102 Å². The largest absolute Gasteiger partial charge is 0.478 e. The van der Waals surface area contributed by atoms with Gasteiger partial charge in [-0.3, -0.25) is 0 Å². The van der Waals surface area contributed by atoms with E-state index in [1.54, 1.807) is 0 Å². The van der Waals surface area contributed by atoms with Gasteiger partial charge in [-0.2, -0.15) is 0 Å². The van der Waals surface area contributed by atoms with Crippen molar-refractivity contribution in [2.24, 2.45) is 0 Å². The molecule has 0 amide bonds. The summed E-state index contributed by atoms with van der Waals surface area (Å²) in [5, 5.41) is 11.9. The molecule has 0 spiro atoms. The summed E-state index contributed by atoms with van der Waals surface area (Å²) in [4.78, 5) is 10.5. The molecule has 3 nitrogen and oxygen atoms in total. The van der Waals surface area contributed by atoms with Crippen LogP contribution in [0.2, 0.25) is 0 Å². The maximum atomic E-state index is 10.5. The van der Waals surface area contributed by atoms with Crippen LogP contribution in [0.1, 0.15) is 31.0 Å². The topological polar surface area (TPSA) is 49.3 Å². The van der Waals surface area contributed by atoms with Crippen LogP contribution in [0.4, 0.5) is 0 Å². The quantitative estimate of drug-likeness (QED) is 0.769.